The molecule has 0 unspecified atom stereocenters. The van der Waals surface area contributed by atoms with Crippen molar-refractivity contribution in [3.05, 3.63) is 0 Å². The lowest BCUT2D eigenvalue weighted by Gasteiger charge is -2.25. The standard InChI is InChI=1S/C13H28N4OS/c1-13(2,3)16-11(18)10-17(5)12(14-4)15-8-7-9-19-6/h7-10H2,1-6H3,(H,14,15)(H,16,18). The lowest BCUT2D eigenvalue weighted by molar-refractivity contribution is -0.122. The van der Waals surface area contributed by atoms with Gasteiger partial charge in [-0.15, -0.1) is 0 Å². The summed E-state index contributed by atoms with van der Waals surface area (Å²) < 4.78 is 0. The Morgan fingerprint density at radius 1 is 1.37 bits per heavy atom. The summed E-state index contributed by atoms with van der Waals surface area (Å²) in [7, 11) is 3.60. The van der Waals surface area contributed by atoms with Crippen molar-refractivity contribution in [3.8, 4) is 0 Å². The van der Waals surface area contributed by atoms with E-state index in [1.54, 1.807) is 7.05 Å². The predicted octanol–water partition coefficient (Wildman–Crippen LogP) is 1.16. The van der Waals surface area contributed by atoms with Gasteiger partial charge in [-0.25, -0.2) is 0 Å². The van der Waals surface area contributed by atoms with Crippen LogP contribution in [0.3, 0.4) is 0 Å². The van der Waals surface area contributed by atoms with E-state index in [9.17, 15) is 4.79 Å². The topological polar surface area (TPSA) is 56.7 Å². The minimum atomic E-state index is -0.201. The maximum atomic E-state index is 11.8. The van der Waals surface area contributed by atoms with Crippen LogP contribution >= 0.6 is 11.8 Å². The Kier molecular flexibility index (Phi) is 8.63. The molecule has 0 saturated carbocycles. The van der Waals surface area contributed by atoms with E-state index >= 15 is 0 Å². The summed E-state index contributed by atoms with van der Waals surface area (Å²) in [6, 6.07) is 0. The number of aliphatic imine (C=N–C) groups is 1. The molecular formula is C13H28N4OS. The Hall–Kier alpha value is -0.910. The molecule has 0 heterocycles. The molecule has 0 fully saturated rings. The summed E-state index contributed by atoms with van der Waals surface area (Å²) in [5.74, 6) is 1.88. The van der Waals surface area contributed by atoms with Crippen molar-refractivity contribution >= 4 is 23.6 Å². The molecule has 0 bridgehead atoms. The minimum Gasteiger partial charge on any atom is -0.356 e. The van der Waals surface area contributed by atoms with Crippen molar-refractivity contribution in [1.29, 1.82) is 0 Å². The molecule has 6 heteroatoms. The maximum absolute atomic E-state index is 11.8. The average Bonchev–Trinajstić information content (AvgIpc) is 2.26. The molecule has 1 amide bonds. The van der Waals surface area contributed by atoms with Gasteiger partial charge in [-0.05, 0) is 39.2 Å². The molecule has 0 aromatic rings. The number of nitrogens with one attached hydrogen (secondary N) is 2. The van der Waals surface area contributed by atoms with Gasteiger partial charge >= 0.3 is 0 Å². The van der Waals surface area contributed by atoms with Crippen LogP contribution in [-0.2, 0) is 4.79 Å². The van der Waals surface area contributed by atoms with Gasteiger partial charge < -0.3 is 15.5 Å². The fourth-order valence-corrected chi connectivity index (χ4v) is 1.98. The molecule has 0 aromatic heterocycles. The first-order valence-corrected chi connectivity index (χ1v) is 7.91. The van der Waals surface area contributed by atoms with Crippen molar-refractivity contribution in [3.63, 3.8) is 0 Å². The largest absolute Gasteiger partial charge is 0.356 e. The molecule has 0 aromatic carbocycles. The Morgan fingerprint density at radius 3 is 2.47 bits per heavy atom. The number of nitrogens with zero attached hydrogens (tertiary/aromatic N) is 2. The number of amides is 1. The van der Waals surface area contributed by atoms with Crippen LogP contribution in [0, 0.1) is 0 Å². The smallest absolute Gasteiger partial charge is 0.240 e. The van der Waals surface area contributed by atoms with Crippen LogP contribution in [0.1, 0.15) is 27.2 Å². The number of thioether (sulfide) groups is 1. The average molecular weight is 288 g/mol. The second kappa shape index (κ2) is 9.07. The van der Waals surface area contributed by atoms with Crippen LogP contribution in [0.5, 0.6) is 0 Å². The molecule has 0 aliphatic heterocycles. The summed E-state index contributed by atoms with van der Waals surface area (Å²) >= 11 is 1.83. The number of carbonyl (C=O) groups excluding carboxylic acids is 1. The van der Waals surface area contributed by atoms with Crippen LogP contribution in [0.15, 0.2) is 4.99 Å². The highest BCUT2D eigenvalue weighted by atomic mass is 32.2. The van der Waals surface area contributed by atoms with E-state index in [1.807, 2.05) is 44.5 Å². The molecule has 0 saturated heterocycles. The zero-order valence-corrected chi connectivity index (χ0v) is 13.9. The van der Waals surface area contributed by atoms with E-state index in [2.05, 4.69) is 21.9 Å². The Bertz CT molecular complexity index is 300. The van der Waals surface area contributed by atoms with Crippen LogP contribution in [0.4, 0.5) is 0 Å². The summed E-state index contributed by atoms with van der Waals surface area (Å²) in [5, 5.41) is 6.19. The first-order chi connectivity index (χ1) is 8.80. The molecule has 5 nitrogen and oxygen atoms in total. The molecule has 19 heavy (non-hydrogen) atoms. The van der Waals surface area contributed by atoms with Crippen molar-refractivity contribution in [2.45, 2.75) is 32.7 Å². The van der Waals surface area contributed by atoms with E-state index in [-0.39, 0.29) is 11.4 Å². The first kappa shape index (κ1) is 18.1. The van der Waals surface area contributed by atoms with Gasteiger partial charge in [0.15, 0.2) is 5.96 Å². The second-order valence-electron chi connectivity index (χ2n) is 5.47. The van der Waals surface area contributed by atoms with E-state index < -0.39 is 0 Å². The molecule has 0 spiro atoms. The number of carbonyl (C=O) groups is 1. The van der Waals surface area contributed by atoms with Gasteiger partial charge in [-0.1, -0.05) is 0 Å². The van der Waals surface area contributed by atoms with Gasteiger partial charge in [0.2, 0.25) is 5.91 Å². The van der Waals surface area contributed by atoms with Gasteiger partial charge in [0.05, 0.1) is 6.54 Å². The highest BCUT2D eigenvalue weighted by molar-refractivity contribution is 7.98. The first-order valence-electron chi connectivity index (χ1n) is 6.52. The molecule has 0 aliphatic rings. The SMILES string of the molecule is CN=C(NCCCSC)N(C)CC(=O)NC(C)(C)C. The van der Waals surface area contributed by atoms with Crippen LogP contribution in [-0.4, -0.2) is 61.5 Å². The third-order valence-corrected chi connectivity index (χ3v) is 2.97. The third-order valence-electron chi connectivity index (χ3n) is 2.28. The van der Waals surface area contributed by atoms with Crippen molar-refractivity contribution in [1.82, 2.24) is 15.5 Å². The van der Waals surface area contributed by atoms with E-state index in [0.29, 0.717) is 6.54 Å². The van der Waals surface area contributed by atoms with Gasteiger partial charge in [0, 0.05) is 26.2 Å². The minimum absolute atomic E-state index is 0.00191. The zero-order valence-electron chi connectivity index (χ0n) is 13.0. The predicted molar refractivity (Wildman–Crippen MR) is 84.9 cm³/mol. The van der Waals surface area contributed by atoms with E-state index in [1.165, 1.54) is 0 Å². The van der Waals surface area contributed by atoms with Gasteiger partial charge in [0.25, 0.3) is 0 Å². The van der Waals surface area contributed by atoms with Crippen LogP contribution in [0.2, 0.25) is 0 Å². The quantitative estimate of drug-likeness (QED) is 0.437. The Morgan fingerprint density at radius 2 is 2.00 bits per heavy atom. The molecule has 2 N–H and O–H groups in total. The Labute approximate surface area is 121 Å². The normalized spacial score (nSPS) is 12.2. The number of likely N-dealkylation sites (N-methyl/N-ethyl adjacent to an activating group) is 1. The monoisotopic (exact) mass is 288 g/mol. The van der Waals surface area contributed by atoms with Gasteiger partial charge in [-0.3, -0.25) is 9.79 Å². The molecule has 112 valence electrons. The Balaban J connectivity index is 4.14. The lowest BCUT2D eigenvalue weighted by atomic mass is 10.1. The van der Waals surface area contributed by atoms with Crippen LogP contribution < -0.4 is 10.6 Å². The number of rotatable bonds is 6. The van der Waals surface area contributed by atoms with E-state index in [4.69, 9.17) is 0 Å². The molecule has 0 atom stereocenters. The summed E-state index contributed by atoms with van der Waals surface area (Å²) in [6.07, 6.45) is 3.18. The highest BCUT2D eigenvalue weighted by Gasteiger charge is 2.16. The van der Waals surface area contributed by atoms with Crippen LogP contribution in [0.25, 0.3) is 0 Å². The lowest BCUT2D eigenvalue weighted by Crippen LogP contribution is -2.48. The number of guanidine groups is 1. The second-order valence-corrected chi connectivity index (χ2v) is 6.46. The zero-order chi connectivity index (χ0) is 14.9. The molecular weight excluding hydrogens is 260 g/mol. The van der Waals surface area contributed by atoms with Gasteiger partial charge in [-0.2, -0.15) is 11.8 Å². The van der Waals surface area contributed by atoms with Gasteiger partial charge in [0.1, 0.15) is 0 Å². The van der Waals surface area contributed by atoms with Crippen molar-refractivity contribution in [2.75, 3.05) is 39.2 Å². The molecule has 0 radical (unpaired) electrons. The molecule has 0 aliphatic carbocycles. The molecule has 0 rings (SSSR count). The number of hydrogen-bond donors (Lipinski definition) is 2. The van der Waals surface area contributed by atoms with Crippen molar-refractivity contribution < 1.29 is 4.79 Å². The number of hydrogen-bond acceptors (Lipinski definition) is 3. The fourth-order valence-electron chi connectivity index (χ4n) is 1.55. The third kappa shape index (κ3) is 9.64. The summed E-state index contributed by atoms with van der Waals surface area (Å²) in [4.78, 5) is 17.8. The highest BCUT2D eigenvalue weighted by Crippen LogP contribution is 1.98. The summed E-state index contributed by atoms with van der Waals surface area (Å²) in [6.45, 7) is 7.10. The van der Waals surface area contributed by atoms with E-state index in [0.717, 1.165) is 24.7 Å². The maximum Gasteiger partial charge on any atom is 0.240 e. The summed E-state index contributed by atoms with van der Waals surface area (Å²) in [5.41, 5.74) is -0.201. The van der Waals surface area contributed by atoms with Crippen molar-refractivity contribution in [2.24, 2.45) is 4.99 Å². The fraction of sp³-hybridized carbons (Fsp3) is 0.846.